The Kier molecular flexibility index (Phi) is 8.71. The Balaban J connectivity index is 1.52. The lowest BCUT2D eigenvalue weighted by molar-refractivity contribution is -0.121. The molecule has 2 N–H and O–H groups in total. The van der Waals surface area contributed by atoms with Gasteiger partial charge in [-0.15, -0.1) is 0 Å². The van der Waals surface area contributed by atoms with Gasteiger partial charge in [-0.1, -0.05) is 43.4 Å². The van der Waals surface area contributed by atoms with Crippen molar-refractivity contribution < 1.29 is 14.0 Å². The van der Waals surface area contributed by atoms with E-state index in [0.717, 1.165) is 6.42 Å². The molecule has 166 valence electrons. The number of nitrogens with zero attached hydrogens (tertiary/aromatic N) is 1. The molecule has 1 saturated carbocycles. The van der Waals surface area contributed by atoms with E-state index in [1.165, 1.54) is 42.7 Å². The normalized spacial score (nSPS) is 13.7. The molecule has 1 fully saturated rings. The van der Waals surface area contributed by atoms with Crippen LogP contribution in [0.1, 0.15) is 44.9 Å². The summed E-state index contributed by atoms with van der Waals surface area (Å²) in [4.78, 5) is 26.5. The minimum atomic E-state index is -0.367. The van der Waals surface area contributed by atoms with Crippen molar-refractivity contribution in [2.75, 3.05) is 23.3 Å². The van der Waals surface area contributed by atoms with Gasteiger partial charge in [-0.25, -0.2) is 9.18 Å². The second-order valence-corrected chi connectivity index (χ2v) is 8.40. The average Bonchev–Trinajstić information content (AvgIpc) is 3.27. The summed E-state index contributed by atoms with van der Waals surface area (Å²) in [5, 5.41) is 6.28. The molecule has 3 rings (SSSR count). The Bertz CT molecular complexity index is 869. The van der Waals surface area contributed by atoms with E-state index in [9.17, 15) is 14.0 Å². The zero-order chi connectivity index (χ0) is 22.1. The molecule has 0 aromatic heterocycles. The summed E-state index contributed by atoms with van der Waals surface area (Å²) in [6.07, 6.45) is 7.13. The number of halogens is 2. The second-order valence-electron chi connectivity index (χ2n) is 7.96. The van der Waals surface area contributed by atoms with Crippen molar-refractivity contribution >= 4 is 34.9 Å². The lowest BCUT2D eigenvalue weighted by Crippen LogP contribution is -2.37. The minimum absolute atomic E-state index is 0.0589. The number of amides is 3. The molecule has 2 aromatic carbocycles. The van der Waals surface area contributed by atoms with Gasteiger partial charge in [-0.3, -0.25) is 9.69 Å². The number of benzene rings is 2. The molecule has 1 aliphatic rings. The van der Waals surface area contributed by atoms with Crippen LogP contribution >= 0.6 is 11.6 Å². The van der Waals surface area contributed by atoms with Gasteiger partial charge in [0.25, 0.3) is 0 Å². The molecule has 0 radical (unpaired) electrons. The summed E-state index contributed by atoms with van der Waals surface area (Å²) in [5.74, 6) is 0.381. The first-order valence-electron chi connectivity index (χ1n) is 10.9. The lowest BCUT2D eigenvalue weighted by atomic mass is 10.0. The average molecular weight is 446 g/mol. The third-order valence-corrected chi connectivity index (χ3v) is 5.83. The summed E-state index contributed by atoms with van der Waals surface area (Å²) in [5.41, 5.74) is 1.15. The number of nitrogens with one attached hydrogen (secondary N) is 2. The Labute approximate surface area is 188 Å². The molecule has 5 nitrogen and oxygen atoms in total. The van der Waals surface area contributed by atoms with Crippen LogP contribution in [0.15, 0.2) is 48.5 Å². The highest BCUT2D eigenvalue weighted by molar-refractivity contribution is 6.30. The van der Waals surface area contributed by atoms with Gasteiger partial charge in [0.05, 0.1) is 0 Å². The molecule has 0 saturated heterocycles. The summed E-state index contributed by atoms with van der Waals surface area (Å²) < 4.78 is 13.3. The number of hydrogen-bond donors (Lipinski definition) is 2. The molecule has 0 heterocycles. The van der Waals surface area contributed by atoms with Crippen LogP contribution in [-0.2, 0) is 4.79 Å². The topological polar surface area (TPSA) is 61.4 Å². The van der Waals surface area contributed by atoms with E-state index in [-0.39, 0.29) is 17.8 Å². The van der Waals surface area contributed by atoms with E-state index in [4.69, 9.17) is 11.6 Å². The number of carbonyl (C=O) groups is 2. The fourth-order valence-corrected chi connectivity index (χ4v) is 4.10. The standard InChI is InChI=1S/C24H29ClFN3O2/c25-19-7-3-8-21(17-19)28-24(31)29(22-12-10-20(26)11-13-22)16-4-15-27-23(30)14-9-18-5-1-2-6-18/h3,7-8,10-13,17-18H,1-2,4-6,9,14-16H2,(H,27,30)(H,28,31). The quantitative estimate of drug-likeness (QED) is 0.465. The van der Waals surface area contributed by atoms with Gasteiger partial charge in [-0.2, -0.15) is 0 Å². The summed E-state index contributed by atoms with van der Waals surface area (Å²) in [6.45, 7) is 0.854. The molecule has 0 aliphatic heterocycles. The van der Waals surface area contributed by atoms with Crippen molar-refractivity contribution in [1.82, 2.24) is 5.32 Å². The lowest BCUT2D eigenvalue weighted by Gasteiger charge is -2.23. The highest BCUT2D eigenvalue weighted by Crippen LogP contribution is 2.28. The molecule has 2 aromatic rings. The highest BCUT2D eigenvalue weighted by atomic mass is 35.5. The van der Waals surface area contributed by atoms with Crippen LogP contribution in [0.3, 0.4) is 0 Å². The van der Waals surface area contributed by atoms with Gasteiger partial charge >= 0.3 is 6.03 Å². The zero-order valence-corrected chi connectivity index (χ0v) is 18.3. The molecular weight excluding hydrogens is 417 g/mol. The number of anilines is 2. The first-order chi connectivity index (χ1) is 15.0. The summed E-state index contributed by atoms with van der Waals surface area (Å²) >= 11 is 5.99. The maximum atomic E-state index is 13.3. The molecule has 0 spiro atoms. The number of urea groups is 1. The number of hydrogen-bond acceptors (Lipinski definition) is 2. The summed E-state index contributed by atoms with van der Waals surface area (Å²) in [6, 6.07) is 12.3. The fraction of sp³-hybridized carbons (Fsp3) is 0.417. The molecule has 0 bridgehead atoms. The zero-order valence-electron chi connectivity index (χ0n) is 17.6. The maximum absolute atomic E-state index is 13.3. The predicted molar refractivity (Wildman–Crippen MR) is 123 cm³/mol. The van der Waals surface area contributed by atoms with Crippen molar-refractivity contribution in [1.29, 1.82) is 0 Å². The van der Waals surface area contributed by atoms with Crippen molar-refractivity contribution in [2.24, 2.45) is 5.92 Å². The SMILES string of the molecule is O=C(CCC1CCCC1)NCCCN(C(=O)Nc1cccc(Cl)c1)c1ccc(F)cc1. The maximum Gasteiger partial charge on any atom is 0.326 e. The monoisotopic (exact) mass is 445 g/mol. The predicted octanol–water partition coefficient (Wildman–Crippen LogP) is 5.99. The van der Waals surface area contributed by atoms with Gasteiger partial charge in [0.1, 0.15) is 5.82 Å². The van der Waals surface area contributed by atoms with Crippen molar-refractivity contribution in [3.63, 3.8) is 0 Å². The smallest absolute Gasteiger partial charge is 0.326 e. The second kappa shape index (κ2) is 11.7. The summed E-state index contributed by atoms with van der Waals surface area (Å²) in [7, 11) is 0. The molecule has 31 heavy (non-hydrogen) atoms. The minimum Gasteiger partial charge on any atom is -0.356 e. The van der Waals surface area contributed by atoms with Crippen LogP contribution in [0.2, 0.25) is 5.02 Å². The largest absolute Gasteiger partial charge is 0.356 e. The van der Waals surface area contributed by atoms with Crippen LogP contribution in [0.5, 0.6) is 0 Å². The third-order valence-electron chi connectivity index (χ3n) is 5.59. The Morgan fingerprint density at radius 3 is 2.55 bits per heavy atom. The Morgan fingerprint density at radius 2 is 1.84 bits per heavy atom. The van der Waals surface area contributed by atoms with Crippen LogP contribution in [0.25, 0.3) is 0 Å². The van der Waals surface area contributed by atoms with Crippen LogP contribution < -0.4 is 15.5 Å². The van der Waals surface area contributed by atoms with Crippen molar-refractivity contribution in [3.8, 4) is 0 Å². The Hall–Kier alpha value is -2.60. The molecular formula is C24H29ClFN3O2. The van der Waals surface area contributed by atoms with E-state index in [1.54, 1.807) is 36.4 Å². The van der Waals surface area contributed by atoms with E-state index >= 15 is 0 Å². The van der Waals surface area contributed by atoms with Gasteiger partial charge in [0.15, 0.2) is 0 Å². The first-order valence-corrected chi connectivity index (χ1v) is 11.3. The Morgan fingerprint density at radius 1 is 1.10 bits per heavy atom. The van der Waals surface area contributed by atoms with E-state index in [2.05, 4.69) is 10.6 Å². The van der Waals surface area contributed by atoms with E-state index in [0.29, 0.717) is 48.2 Å². The fourth-order valence-electron chi connectivity index (χ4n) is 3.91. The van der Waals surface area contributed by atoms with E-state index in [1.807, 2.05) is 0 Å². The molecule has 1 aliphatic carbocycles. The number of carbonyl (C=O) groups excluding carboxylic acids is 2. The van der Waals surface area contributed by atoms with Crippen LogP contribution in [0.4, 0.5) is 20.6 Å². The van der Waals surface area contributed by atoms with Gasteiger partial charge in [0, 0.05) is 35.9 Å². The van der Waals surface area contributed by atoms with E-state index < -0.39 is 0 Å². The third kappa shape index (κ3) is 7.55. The van der Waals surface area contributed by atoms with Crippen LogP contribution in [0, 0.1) is 11.7 Å². The molecule has 3 amide bonds. The van der Waals surface area contributed by atoms with Gasteiger partial charge in [-0.05, 0) is 61.2 Å². The van der Waals surface area contributed by atoms with Crippen molar-refractivity contribution in [3.05, 3.63) is 59.4 Å². The van der Waals surface area contributed by atoms with Crippen molar-refractivity contribution in [2.45, 2.75) is 44.9 Å². The molecule has 0 unspecified atom stereocenters. The number of rotatable bonds is 9. The molecule has 0 atom stereocenters. The highest BCUT2D eigenvalue weighted by Gasteiger charge is 2.18. The first kappa shape index (κ1) is 23.1. The van der Waals surface area contributed by atoms with Gasteiger partial charge < -0.3 is 10.6 Å². The van der Waals surface area contributed by atoms with Crippen LogP contribution in [-0.4, -0.2) is 25.0 Å². The van der Waals surface area contributed by atoms with Gasteiger partial charge in [0.2, 0.25) is 5.91 Å². The molecule has 7 heteroatoms.